The van der Waals surface area contributed by atoms with E-state index in [1.165, 1.54) is 19.3 Å². The number of rotatable bonds is 3. The fraction of sp³-hybridized carbons (Fsp3) is 0.818. The third kappa shape index (κ3) is 2.34. The number of hydrogen-bond donors (Lipinski definition) is 1. The molecule has 0 aromatic heterocycles. The molecule has 0 bridgehead atoms. The Morgan fingerprint density at radius 3 is 2.83 bits per heavy atom. The Balaban J connectivity index is 2.35. The van der Waals surface area contributed by atoms with E-state index < -0.39 is 0 Å². The number of nitrogens with one attached hydrogen (secondary N) is 1. The van der Waals surface area contributed by atoms with Crippen LogP contribution in [0, 0.1) is 11.8 Å². The van der Waals surface area contributed by atoms with Crippen molar-refractivity contribution in [1.82, 2.24) is 5.32 Å². The van der Waals surface area contributed by atoms with Crippen LogP contribution in [0.5, 0.6) is 0 Å². The van der Waals surface area contributed by atoms with E-state index >= 15 is 0 Å². The van der Waals surface area contributed by atoms with Gasteiger partial charge in [-0.15, -0.1) is 6.58 Å². The lowest BCUT2D eigenvalue weighted by atomic mass is 9.78. The first-order chi connectivity index (χ1) is 5.75. The van der Waals surface area contributed by atoms with Crippen LogP contribution in [0.3, 0.4) is 0 Å². The smallest absolute Gasteiger partial charge is 0.0134 e. The van der Waals surface area contributed by atoms with Crippen molar-refractivity contribution in [2.24, 2.45) is 11.8 Å². The second kappa shape index (κ2) is 4.66. The minimum Gasteiger partial charge on any atom is -0.310 e. The lowest BCUT2D eigenvalue weighted by molar-refractivity contribution is 0.211. The van der Waals surface area contributed by atoms with Gasteiger partial charge in [-0.2, -0.15) is 0 Å². The third-order valence-corrected chi connectivity index (χ3v) is 3.23. The van der Waals surface area contributed by atoms with Crippen LogP contribution in [-0.4, -0.2) is 12.6 Å². The molecule has 1 rings (SSSR count). The molecule has 1 nitrogen and oxygen atoms in total. The molecular formula is C11H21N. The van der Waals surface area contributed by atoms with Gasteiger partial charge in [0.05, 0.1) is 0 Å². The maximum Gasteiger partial charge on any atom is 0.0134 e. The fourth-order valence-electron chi connectivity index (χ4n) is 2.10. The highest BCUT2D eigenvalue weighted by Crippen LogP contribution is 2.29. The topological polar surface area (TPSA) is 12.0 Å². The normalized spacial score (nSPS) is 36.3. The first-order valence-electron chi connectivity index (χ1n) is 5.10. The van der Waals surface area contributed by atoms with Crippen LogP contribution >= 0.6 is 0 Å². The Morgan fingerprint density at radius 2 is 2.17 bits per heavy atom. The van der Waals surface area contributed by atoms with E-state index in [4.69, 9.17) is 0 Å². The molecule has 1 heteroatoms. The van der Waals surface area contributed by atoms with Crippen LogP contribution in [0.4, 0.5) is 0 Å². The summed E-state index contributed by atoms with van der Waals surface area (Å²) in [7, 11) is 0. The van der Waals surface area contributed by atoms with Crippen LogP contribution < -0.4 is 5.32 Å². The van der Waals surface area contributed by atoms with Crippen molar-refractivity contribution in [3.8, 4) is 0 Å². The largest absolute Gasteiger partial charge is 0.310 e. The van der Waals surface area contributed by atoms with Crippen LogP contribution in [0.25, 0.3) is 0 Å². The maximum atomic E-state index is 3.73. The highest BCUT2D eigenvalue weighted by atomic mass is 14.9. The predicted molar refractivity (Wildman–Crippen MR) is 54.2 cm³/mol. The van der Waals surface area contributed by atoms with Crippen LogP contribution in [0.15, 0.2) is 12.7 Å². The van der Waals surface area contributed by atoms with Gasteiger partial charge in [0.2, 0.25) is 0 Å². The molecule has 1 aliphatic carbocycles. The predicted octanol–water partition coefficient (Wildman–Crippen LogP) is 2.59. The molecule has 0 aromatic rings. The molecule has 0 saturated heterocycles. The van der Waals surface area contributed by atoms with Crippen molar-refractivity contribution in [2.75, 3.05) is 6.54 Å². The molecule has 12 heavy (non-hydrogen) atoms. The SMILES string of the molecule is C=CCNC1CCCC(C)C1C. The molecule has 3 atom stereocenters. The fourth-order valence-corrected chi connectivity index (χ4v) is 2.10. The molecular weight excluding hydrogens is 146 g/mol. The minimum absolute atomic E-state index is 0.728. The molecule has 0 heterocycles. The summed E-state index contributed by atoms with van der Waals surface area (Å²) in [6, 6.07) is 0.728. The van der Waals surface area contributed by atoms with E-state index in [9.17, 15) is 0 Å². The van der Waals surface area contributed by atoms with Crippen molar-refractivity contribution >= 4 is 0 Å². The van der Waals surface area contributed by atoms with Gasteiger partial charge in [0.15, 0.2) is 0 Å². The lowest BCUT2D eigenvalue weighted by Crippen LogP contribution is -2.40. The van der Waals surface area contributed by atoms with Crippen LogP contribution in [0.2, 0.25) is 0 Å². The molecule has 1 fully saturated rings. The molecule has 0 amide bonds. The first-order valence-corrected chi connectivity index (χ1v) is 5.10. The van der Waals surface area contributed by atoms with Gasteiger partial charge < -0.3 is 5.32 Å². The molecule has 1 N–H and O–H groups in total. The van der Waals surface area contributed by atoms with E-state index in [0.717, 1.165) is 24.4 Å². The zero-order valence-electron chi connectivity index (χ0n) is 8.34. The molecule has 0 spiro atoms. The van der Waals surface area contributed by atoms with Crippen molar-refractivity contribution in [3.63, 3.8) is 0 Å². The first kappa shape index (κ1) is 9.79. The second-order valence-electron chi connectivity index (χ2n) is 4.07. The van der Waals surface area contributed by atoms with Gasteiger partial charge in [-0.05, 0) is 18.3 Å². The molecule has 0 radical (unpaired) electrons. The van der Waals surface area contributed by atoms with Gasteiger partial charge in [0.25, 0.3) is 0 Å². The van der Waals surface area contributed by atoms with Crippen LogP contribution in [0.1, 0.15) is 33.1 Å². The Bertz CT molecular complexity index is 142. The van der Waals surface area contributed by atoms with E-state index in [2.05, 4.69) is 25.7 Å². The summed E-state index contributed by atoms with van der Waals surface area (Å²) in [5.74, 6) is 1.72. The third-order valence-electron chi connectivity index (χ3n) is 3.23. The Morgan fingerprint density at radius 1 is 1.42 bits per heavy atom. The average molecular weight is 167 g/mol. The van der Waals surface area contributed by atoms with Gasteiger partial charge in [0, 0.05) is 12.6 Å². The quantitative estimate of drug-likeness (QED) is 0.637. The Kier molecular flexibility index (Phi) is 3.80. The summed E-state index contributed by atoms with van der Waals surface area (Å²) in [4.78, 5) is 0. The molecule has 0 aliphatic heterocycles. The van der Waals surface area contributed by atoms with Crippen LogP contribution in [-0.2, 0) is 0 Å². The lowest BCUT2D eigenvalue weighted by Gasteiger charge is -2.34. The van der Waals surface area contributed by atoms with Gasteiger partial charge in [0.1, 0.15) is 0 Å². The van der Waals surface area contributed by atoms with Crippen molar-refractivity contribution in [2.45, 2.75) is 39.2 Å². The molecule has 1 saturated carbocycles. The highest BCUT2D eigenvalue weighted by Gasteiger charge is 2.25. The van der Waals surface area contributed by atoms with Crippen molar-refractivity contribution in [1.29, 1.82) is 0 Å². The Labute approximate surface area is 76.2 Å². The monoisotopic (exact) mass is 167 g/mol. The highest BCUT2D eigenvalue weighted by molar-refractivity contribution is 4.84. The zero-order valence-corrected chi connectivity index (χ0v) is 8.34. The Hall–Kier alpha value is -0.300. The van der Waals surface area contributed by atoms with Gasteiger partial charge >= 0.3 is 0 Å². The molecule has 1 aliphatic rings. The van der Waals surface area contributed by atoms with Gasteiger partial charge in [-0.25, -0.2) is 0 Å². The average Bonchev–Trinajstić information content (AvgIpc) is 2.08. The minimum atomic E-state index is 0.728. The van der Waals surface area contributed by atoms with Gasteiger partial charge in [-0.1, -0.05) is 32.8 Å². The van der Waals surface area contributed by atoms with Gasteiger partial charge in [-0.3, -0.25) is 0 Å². The van der Waals surface area contributed by atoms with E-state index in [1.54, 1.807) is 0 Å². The number of hydrogen-bond acceptors (Lipinski definition) is 1. The molecule has 0 aromatic carbocycles. The van der Waals surface area contributed by atoms with Crippen molar-refractivity contribution < 1.29 is 0 Å². The second-order valence-corrected chi connectivity index (χ2v) is 4.07. The summed E-state index contributed by atoms with van der Waals surface area (Å²) in [5, 5.41) is 3.53. The standard InChI is InChI=1S/C11H21N/c1-4-8-12-11-7-5-6-9(2)10(11)3/h4,9-12H,1,5-8H2,2-3H3. The summed E-state index contributed by atoms with van der Waals surface area (Å²) >= 11 is 0. The maximum absolute atomic E-state index is 3.73. The van der Waals surface area contributed by atoms with E-state index in [1.807, 2.05) is 6.08 Å². The summed E-state index contributed by atoms with van der Waals surface area (Å²) in [6.07, 6.45) is 6.10. The molecule has 3 unspecified atom stereocenters. The summed E-state index contributed by atoms with van der Waals surface area (Å²) < 4.78 is 0. The summed E-state index contributed by atoms with van der Waals surface area (Å²) in [6.45, 7) is 9.42. The summed E-state index contributed by atoms with van der Waals surface area (Å²) in [5.41, 5.74) is 0. The van der Waals surface area contributed by atoms with Crippen molar-refractivity contribution in [3.05, 3.63) is 12.7 Å². The van der Waals surface area contributed by atoms with E-state index in [-0.39, 0.29) is 0 Å². The molecule has 70 valence electrons. The van der Waals surface area contributed by atoms with E-state index in [0.29, 0.717) is 0 Å². The zero-order chi connectivity index (χ0) is 8.97.